The van der Waals surface area contributed by atoms with Crippen LogP contribution in [0.5, 0.6) is 0 Å². The number of benzene rings is 1. The molecule has 1 aromatic heterocycles. The van der Waals surface area contributed by atoms with Gasteiger partial charge in [-0.05, 0) is 32.3 Å². The third-order valence-electron chi connectivity index (χ3n) is 4.63. The smallest absolute Gasteiger partial charge is 0.341 e. The van der Waals surface area contributed by atoms with Crippen molar-refractivity contribution in [2.75, 3.05) is 17.7 Å². The number of carbonyl (C=O) groups is 2. The summed E-state index contributed by atoms with van der Waals surface area (Å²) >= 11 is 3.15. The van der Waals surface area contributed by atoms with Gasteiger partial charge < -0.3 is 10.1 Å². The van der Waals surface area contributed by atoms with Gasteiger partial charge in [0.05, 0.1) is 12.4 Å². The molecule has 3 rings (SSSR count). The van der Waals surface area contributed by atoms with Gasteiger partial charge in [0, 0.05) is 15.7 Å². The molecule has 1 aliphatic carbocycles. The minimum atomic E-state index is -0.389. The molecule has 144 valence electrons. The SMILES string of the molecule is CCOC(=O)c1c(NC(=O)CSC2CCCC2)sc(C)c1-c1ccccc1. The molecule has 1 saturated carbocycles. The molecular weight excluding hydrogens is 378 g/mol. The summed E-state index contributed by atoms with van der Waals surface area (Å²) in [4.78, 5) is 26.1. The summed E-state index contributed by atoms with van der Waals surface area (Å²) < 4.78 is 5.28. The Balaban J connectivity index is 1.83. The van der Waals surface area contributed by atoms with E-state index in [-0.39, 0.29) is 11.9 Å². The van der Waals surface area contributed by atoms with Crippen molar-refractivity contribution < 1.29 is 14.3 Å². The minimum Gasteiger partial charge on any atom is -0.462 e. The summed E-state index contributed by atoms with van der Waals surface area (Å²) in [6.07, 6.45) is 4.91. The van der Waals surface area contributed by atoms with Crippen LogP contribution in [-0.4, -0.2) is 29.5 Å². The zero-order valence-corrected chi connectivity index (χ0v) is 17.4. The van der Waals surface area contributed by atoms with E-state index in [2.05, 4.69) is 5.32 Å². The number of carbonyl (C=O) groups excluding carboxylic acids is 2. The standard InChI is InChI=1S/C21H25NO3S2/c1-3-25-21(24)19-18(15-9-5-4-6-10-15)14(2)27-20(19)22-17(23)13-26-16-11-7-8-12-16/h4-6,9-10,16H,3,7-8,11-13H2,1-2H3,(H,22,23). The highest BCUT2D eigenvalue weighted by atomic mass is 32.2. The molecular formula is C21H25NO3S2. The highest BCUT2D eigenvalue weighted by molar-refractivity contribution is 8.00. The lowest BCUT2D eigenvalue weighted by Crippen LogP contribution is -2.17. The second kappa shape index (κ2) is 9.42. The summed E-state index contributed by atoms with van der Waals surface area (Å²) in [5.41, 5.74) is 2.26. The van der Waals surface area contributed by atoms with Crippen LogP contribution < -0.4 is 5.32 Å². The van der Waals surface area contributed by atoms with Crippen molar-refractivity contribution in [3.63, 3.8) is 0 Å². The highest BCUT2D eigenvalue weighted by Crippen LogP contribution is 2.40. The van der Waals surface area contributed by atoms with Gasteiger partial charge in [0.1, 0.15) is 10.6 Å². The van der Waals surface area contributed by atoms with Crippen molar-refractivity contribution in [2.45, 2.75) is 44.8 Å². The number of hydrogen-bond donors (Lipinski definition) is 1. The van der Waals surface area contributed by atoms with Gasteiger partial charge in [-0.3, -0.25) is 4.79 Å². The fourth-order valence-electron chi connectivity index (χ4n) is 3.39. The quantitative estimate of drug-likeness (QED) is 0.619. The third-order valence-corrected chi connectivity index (χ3v) is 7.02. The first kappa shape index (κ1) is 20.0. The minimum absolute atomic E-state index is 0.0571. The normalized spacial score (nSPS) is 14.3. The maximum atomic E-state index is 12.6. The largest absolute Gasteiger partial charge is 0.462 e. The van der Waals surface area contributed by atoms with Gasteiger partial charge in [-0.1, -0.05) is 43.2 Å². The molecule has 1 N–H and O–H groups in total. The molecule has 0 radical (unpaired) electrons. The van der Waals surface area contributed by atoms with Crippen LogP contribution in [-0.2, 0) is 9.53 Å². The number of rotatable bonds is 7. The van der Waals surface area contributed by atoms with Crippen molar-refractivity contribution in [2.24, 2.45) is 0 Å². The first-order valence-corrected chi connectivity index (χ1v) is 11.2. The van der Waals surface area contributed by atoms with Crippen molar-refractivity contribution in [1.29, 1.82) is 0 Å². The van der Waals surface area contributed by atoms with E-state index in [1.165, 1.54) is 37.0 Å². The fraction of sp³-hybridized carbons (Fsp3) is 0.429. The number of aryl methyl sites for hydroxylation is 1. The molecule has 0 saturated heterocycles. The molecule has 0 unspecified atom stereocenters. The van der Waals surface area contributed by atoms with Gasteiger partial charge in [0.2, 0.25) is 5.91 Å². The predicted octanol–water partition coefficient (Wildman–Crippen LogP) is 5.51. The average Bonchev–Trinajstić information content (AvgIpc) is 3.28. The van der Waals surface area contributed by atoms with Crippen LogP contribution >= 0.6 is 23.1 Å². The van der Waals surface area contributed by atoms with Crippen LogP contribution in [0.25, 0.3) is 11.1 Å². The number of hydrogen-bond acceptors (Lipinski definition) is 5. The Labute approximate surface area is 168 Å². The molecule has 4 nitrogen and oxygen atoms in total. The molecule has 27 heavy (non-hydrogen) atoms. The van der Waals surface area contributed by atoms with E-state index in [0.717, 1.165) is 16.0 Å². The molecule has 1 amide bonds. The molecule has 1 aliphatic rings. The number of esters is 1. The van der Waals surface area contributed by atoms with Gasteiger partial charge in [0.25, 0.3) is 0 Å². The van der Waals surface area contributed by atoms with Crippen LogP contribution in [0.1, 0.15) is 47.8 Å². The fourth-order valence-corrected chi connectivity index (χ4v) is 5.60. The molecule has 6 heteroatoms. The Morgan fingerprint density at radius 3 is 2.59 bits per heavy atom. The number of thiophene rings is 1. The summed E-state index contributed by atoms with van der Waals surface area (Å²) in [6, 6.07) is 9.77. The van der Waals surface area contributed by atoms with E-state index in [0.29, 0.717) is 28.2 Å². The van der Waals surface area contributed by atoms with E-state index in [9.17, 15) is 9.59 Å². The van der Waals surface area contributed by atoms with Crippen LogP contribution in [0, 0.1) is 6.92 Å². The van der Waals surface area contributed by atoms with E-state index in [4.69, 9.17) is 4.74 Å². The van der Waals surface area contributed by atoms with Gasteiger partial charge in [0.15, 0.2) is 0 Å². The Bertz CT molecular complexity index is 795. The van der Waals surface area contributed by atoms with Crippen molar-refractivity contribution >= 4 is 40.0 Å². The number of thioether (sulfide) groups is 1. The number of amides is 1. The second-order valence-corrected chi connectivity index (χ2v) is 9.10. The number of nitrogens with one attached hydrogen (secondary N) is 1. The van der Waals surface area contributed by atoms with E-state index in [1.54, 1.807) is 18.7 Å². The summed E-state index contributed by atoms with van der Waals surface area (Å²) in [5.74, 6) is -0.0253. The summed E-state index contributed by atoms with van der Waals surface area (Å²) in [6.45, 7) is 4.06. The van der Waals surface area contributed by atoms with Crippen LogP contribution in [0.3, 0.4) is 0 Å². The van der Waals surface area contributed by atoms with E-state index >= 15 is 0 Å². The average molecular weight is 404 g/mol. The maximum absolute atomic E-state index is 12.6. The molecule has 0 bridgehead atoms. The molecule has 2 aromatic rings. The Hall–Kier alpha value is -1.79. The topological polar surface area (TPSA) is 55.4 Å². The number of anilines is 1. The molecule has 1 heterocycles. The Morgan fingerprint density at radius 2 is 1.93 bits per heavy atom. The molecule has 0 atom stereocenters. The highest BCUT2D eigenvalue weighted by Gasteiger charge is 2.25. The molecule has 0 aliphatic heterocycles. The summed E-state index contributed by atoms with van der Waals surface area (Å²) in [7, 11) is 0. The zero-order chi connectivity index (χ0) is 19.2. The van der Waals surface area contributed by atoms with Gasteiger partial charge in [-0.15, -0.1) is 23.1 Å². The monoisotopic (exact) mass is 403 g/mol. The maximum Gasteiger partial charge on any atom is 0.341 e. The van der Waals surface area contributed by atoms with Gasteiger partial charge in [-0.25, -0.2) is 4.79 Å². The lowest BCUT2D eigenvalue weighted by molar-refractivity contribution is -0.113. The van der Waals surface area contributed by atoms with Gasteiger partial charge in [-0.2, -0.15) is 0 Å². The van der Waals surface area contributed by atoms with Crippen LogP contribution in [0.15, 0.2) is 30.3 Å². The van der Waals surface area contributed by atoms with E-state index < -0.39 is 0 Å². The first-order chi connectivity index (χ1) is 13.1. The first-order valence-electron chi connectivity index (χ1n) is 9.37. The van der Waals surface area contributed by atoms with Crippen molar-refractivity contribution in [1.82, 2.24) is 0 Å². The Morgan fingerprint density at radius 1 is 1.22 bits per heavy atom. The predicted molar refractivity (Wildman–Crippen MR) is 114 cm³/mol. The lowest BCUT2D eigenvalue weighted by Gasteiger charge is -2.10. The van der Waals surface area contributed by atoms with E-state index in [1.807, 2.05) is 37.3 Å². The Kier molecular flexibility index (Phi) is 6.96. The number of ether oxygens (including phenoxy) is 1. The molecule has 1 aromatic carbocycles. The lowest BCUT2D eigenvalue weighted by atomic mass is 10.0. The van der Waals surface area contributed by atoms with Crippen LogP contribution in [0.2, 0.25) is 0 Å². The molecule has 0 spiro atoms. The third kappa shape index (κ3) is 4.93. The summed E-state index contributed by atoms with van der Waals surface area (Å²) in [5, 5.41) is 4.14. The molecule has 1 fully saturated rings. The van der Waals surface area contributed by atoms with Crippen molar-refractivity contribution in [3.8, 4) is 11.1 Å². The van der Waals surface area contributed by atoms with Gasteiger partial charge >= 0.3 is 5.97 Å². The van der Waals surface area contributed by atoms with Crippen molar-refractivity contribution in [3.05, 3.63) is 40.8 Å². The zero-order valence-electron chi connectivity index (χ0n) is 15.7. The second-order valence-electron chi connectivity index (χ2n) is 6.59. The van der Waals surface area contributed by atoms with Crippen LogP contribution in [0.4, 0.5) is 5.00 Å².